The first-order valence-electron chi connectivity index (χ1n) is 9.71. The predicted molar refractivity (Wildman–Crippen MR) is 112 cm³/mol. The number of aliphatic carboxylic acids is 1. The third kappa shape index (κ3) is 4.17. The first-order valence-corrected chi connectivity index (χ1v) is 9.71. The first-order chi connectivity index (χ1) is 14.1. The number of carboxylic acids is 1. The Morgan fingerprint density at radius 1 is 1.10 bits per heavy atom. The van der Waals surface area contributed by atoms with Crippen molar-refractivity contribution >= 4 is 30.2 Å². The molecule has 7 nitrogen and oxygen atoms in total. The number of amides is 2. The Morgan fingerprint density at radius 3 is 2.47 bits per heavy atom. The van der Waals surface area contributed by atoms with E-state index in [1.54, 1.807) is 24.3 Å². The number of nitrogens with one attached hydrogen (secondary N) is 1. The highest BCUT2D eigenvalue weighted by Crippen LogP contribution is 2.34. The van der Waals surface area contributed by atoms with Gasteiger partial charge in [0.25, 0.3) is 11.8 Å². The predicted octanol–water partition coefficient (Wildman–Crippen LogP) is 2.84. The zero-order chi connectivity index (χ0) is 20.4. The van der Waals surface area contributed by atoms with Gasteiger partial charge in [0, 0.05) is 18.5 Å². The summed E-state index contributed by atoms with van der Waals surface area (Å²) >= 11 is 0. The molecule has 2 N–H and O–H groups in total. The quantitative estimate of drug-likeness (QED) is 0.518. The Balaban J connectivity index is 0.00000256. The van der Waals surface area contributed by atoms with Crippen molar-refractivity contribution in [3.8, 4) is 5.75 Å². The van der Waals surface area contributed by atoms with E-state index in [2.05, 4.69) is 5.32 Å². The molecule has 0 fully saturated rings. The number of carbonyl (C=O) groups is 3. The standard InChI is InChI=1S/C22H22N2O5.ClH/c25-19(26)9-4-12-29-18-8-3-5-14-10-11-23-17(20(14)18)13-24-21(27)15-6-1-2-7-16(15)22(24)28;/h1-3,5-8,17,23H,4,9-13H2,(H,25,26);1H. The van der Waals surface area contributed by atoms with Crippen LogP contribution in [0.15, 0.2) is 42.5 Å². The van der Waals surface area contributed by atoms with E-state index in [-0.39, 0.29) is 43.2 Å². The van der Waals surface area contributed by atoms with Crippen LogP contribution in [0.25, 0.3) is 0 Å². The van der Waals surface area contributed by atoms with Crippen LogP contribution in [0.5, 0.6) is 5.75 Å². The molecule has 0 aliphatic carbocycles. The van der Waals surface area contributed by atoms with Gasteiger partial charge in [-0.25, -0.2) is 0 Å². The lowest BCUT2D eigenvalue weighted by Crippen LogP contribution is -2.41. The van der Waals surface area contributed by atoms with Crippen LogP contribution in [0.2, 0.25) is 0 Å². The Labute approximate surface area is 180 Å². The highest BCUT2D eigenvalue weighted by molar-refractivity contribution is 6.21. The summed E-state index contributed by atoms with van der Waals surface area (Å²) in [5.41, 5.74) is 2.92. The van der Waals surface area contributed by atoms with Crippen molar-refractivity contribution in [2.45, 2.75) is 25.3 Å². The fraction of sp³-hybridized carbons (Fsp3) is 0.318. The summed E-state index contributed by atoms with van der Waals surface area (Å²) in [5, 5.41) is 12.2. The Hall–Kier alpha value is -2.90. The fourth-order valence-electron chi connectivity index (χ4n) is 3.96. The molecule has 2 heterocycles. The maximum absolute atomic E-state index is 12.7. The number of benzene rings is 2. The number of fused-ring (bicyclic) bond motifs is 2. The lowest BCUT2D eigenvalue weighted by Gasteiger charge is -2.31. The number of nitrogens with zero attached hydrogens (tertiary/aromatic N) is 1. The minimum atomic E-state index is -0.853. The summed E-state index contributed by atoms with van der Waals surface area (Å²) in [5.74, 6) is -0.741. The Bertz CT molecular complexity index is 943. The number of halogens is 1. The van der Waals surface area contributed by atoms with Crippen LogP contribution in [0, 0.1) is 0 Å². The molecule has 0 radical (unpaired) electrons. The second-order valence-electron chi connectivity index (χ2n) is 7.20. The number of imide groups is 1. The second-order valence-corrected chi connectivity index (χ2v) is 7.20. The molecule has 2 aromatic rings. The smallest absolute Gasteiger partial charge is 0.303 e. The highest BCUT2D eigenvalue weighted by atomic mass is 35.5. The van der Waals surface area contributed by atoms with Gasteiger partial charge in [0.15, 0.2) is 0 Å². The maximum Gasteiger partial charge on any atom is 0.303 e. The fourth-order valence-corrected chi connectivity index (χ4v) is 3.96. The van der Waals surface area contributed by atoms with Gasteiger partial charge in [-0.15, -0.1) is 12.4 Å². The van der Waals surface area contributed by atoms with Gasteiger partial charge in [-0.2, -0.15) is 0 Å². The van der Waals surface area contributed by atoms with Gasteiger partial charge in [-0.3, -0.25) is 19.3 Å². The minimum Gasteiger partial charge on any atom is -0.493 e. The lowest BCUT2D eigenvalue weighted by molar-refractivity contribution is -0.137. The van der Waals surface area contributed by atoms with Gasteiger partial charge in [0.05, 0.1) is 23.8 Å². The van der Waals surface area contributed by atoms with E-state index in [0.29, 0.717) is 29.9 Å². The molecule has 2 aromatic carbocycles. The topological polar surface area (TPSA) is 95.9 Å². The number of ether oxygens (including phenoxy) is 1. The molecule has 158 valence electrons. The normalized spacial score (nSPS) is 17.2. The minimum absolute atomic E-state index is 0. The summed E-state index contributed by atoms with van der Waals surface area (Å²) in [6.07, 6.45) is 1.28. The largest absolute Gasteiger partial charge is 0.493 e. The maximum atomic E-state index is 12.7. The molecule has 0 saturated heterocycles. The van der Waals surface area contributed by atoms with E-state index in [1.165, 1.54) is 4.90 Å². The molecule has 0 bridgehead atoms. The number of carboxylic acid groups (broad SMARTS) is 1. The zero-order valence-corrected chi connectivity index (χ0v) is 17.1. The van der Waals surface area contributed by atoms with Crippen molar-refractivity contribution in [3.63, 3.8) is 0 Å². The van der Waals surface area contributed by atoms with Crippen molar-refractivity contribution in [2.24, 2.45) is 0 Å². The summed E-state index contributed by atoms with van der Waals surface area (Å²) in [4.78, 5) is 37.5. The van der Waals surface area contributed by atoms with Crippen molar-refractivity contribution in [1.29, 1.82) is 0 Å². The summed E-state index contributed by atoms with van der Waals surface area (Å²) < 4.78 is 5.87. The van der Waals surface area contributed by atoms with Crippen molar-refractivity contribution in [1.82, 2.24) is 10.2 Å². The van der Waals surface area contributed by atoms with Crippen LogP contribution in [0.4, 0.5) is 0 Å². The molecule has 4 rings (SSSR count). The summed E-state index contributed by atoms with van der Waals surface area (Å²) in [6.45, 7) is 1.25. The molecule has 0 saturated carbocycles. The highest BCUT2D eigenvalue weighted by Gasteiger charge is 2.38. The summed E-state index contributed by atoms with van der Waals surface area (Å²) in [7, 11) is 0. The van der Waals surface area contributed by atoms with E-state index in [0.717, 1.165) is 24.1 Å². The average molecular weight is 431 g/mol. The Morgan fingerprint density at radius 2 is 1.80 bits per heavy atom. The molecule has 2 amide bonds. The average Bonchev–Trinajstić information content (AvgIpc) is 2.96. The monoisotopic (exact) mass is 430 g/mol. The first kappa shape index (κ1) is 21.8. The molecule has 1 unspecified atom stereocenters. The molecule has 8 heteroatoms. The van der Waals surface area contributed by atoms with Crippen LogP contribution >= 0.6 is 12.4 Å². The van der Waals surface area contributed by atoms with Crippen molar-refractivity contribution < 1.29 is 24.2 Å². The van der Waals surface area contributed by atoms with Gasteiger partial charge >= 0.3 is 5.97 Å². The number of carbonyl (C=O) groups excluding carboxylic acids is 2. The molecule has 1 atom stereocenters. The van der Waals surface area contributed by atoms with Crippen LogP contribution in [-0.4, -0.2) is 47.5 Å². The SMILES string of the molecule is Cl.O=C(O)CCCOc1cccc2c1C(CN1C(=O)c3ccccc3C1=O)NCC2. The van der Waals surface area contributed by atoms with Crippen LogP contribution < -0.4 is 10.1 Å². The van der Waals surface area contributed by atoms with E-state index < -0.39 is 5.97 Å². The number of hydrogen-bond acceptors (Lipinski definition) is 5. The molecule has 2 aliphatic heterocycles. The molecular formula is C22H23ClN2O5. The summed E-state index contributed by atoms with van der Waals surface area (Å²) in [6, 6.07) is 12.4. The van der Waals surface area contributed by atoms with Gasteiger partial charge < -0.3 is 15.2 Å². The van der Waals surface area contributed by atoms with Crippen molar-refractivity contribution in [2.75, 3.05) is 19.7 Å². The molecule has 30 heavy (non-hydrogen) atoms. The van der Waals surface area contributed by atoms with E-state index in [9.17, 15) is 14.4 Å². The lowest BCUT2D eigenvalue weighted by atomic mass is 9.93. The van der Waals surface area contributed by atoms with E-state index in [1.807, 2.05) is 18.2 Å². The molecule has 0 spiro atoms. The van der Waals surface area contributed by atoms with E-state index >= 15 is 0 Å². The van der Waals surface area contributed by atoms with Crippen molar-refractivity contribution in [3.05, 3.63) is 64.7 Å². The van der Waals surface area contributed by atoms with E-state index in [4.69, 9.17) is 9.84 Å². The van der Waals surface area contributed by atoms with Gasteiger partial charge in [0.1, 0.15) is 5.75 Å². The number of rotatable bonds is 7. The second kappa shape index (κ2) is 9.28. The van der Waals surface area contributed by atoms with Crippen LogP contribution in [0.1, 0.15) is 50.7 Å². The van der Waals surface area contributed by atoms with Gasteiger partial charge in [-0.1, -0.05) is 24.3 Å². The number of hydrogen-bond donors (Lipinski definition) is 2. The van der Waals surface area contributed by atoms with Gasteiger partial charge in [0.2, 0.25) is 0 Å². The Kier molecular flexibility index (Phi) is 6.74. The molecule has 2 aliphatic rings. The van der Waals surface area contributed by atoms with Crippen LogP contribution in [-0.2, 0) is 11.2 Å². The third-order valence-electron chi connectivity index (χ3n) is 5.33. The zero-order valence-electron chi connectivity index (χ0n) is 16.3. The molecule has 0 aromatic heterocycles. The molecular weight excluding hydrogens is 408 g/mol. The van der Waals surface area contributed by atoms with Crippen LogP contribution in [0.3, 0.4) is 0 Å². The third-order valence-corrected chi connectivity index (χ3v) is 5.33. The van der Waals surface area contributed by atoms with Gasteiger partial charge in [-0.05, 0) is 43.1 Å².